The summed E-state index contributed by atoms with van der Waals surface area (Å²) in [5, 5.41) is 7.05. The van der Waals surface area contributed by atoms with Gasteiger partial charge < -0.3 is 0 Å². The van der Waals surface area contributed by atoms with Gasteiger partial charge in [0.1, 0.15) is 0 Å². The Labute approximate surface area is 331 Å². The van der Waals surface area contributed by atoms with Gasteiger partial charge in [-0.15, -0.1) is 17.4 Å². The summed E-state index contributed by atoms with van der Waals surface area (Å²) < 4.78 is 0. The first-order valence-electron chi connectivity index (χ1n) is 13.5. The van der Waals surface area contributed by atoms with Crippen molar-refractivity contribution in [3.05, 3.63) is 198 Å². The minimum atomic E-state index is 0. The molecule has 3 aliphatic carbocycles. The Morgan fingerprint density at radius 2 is 1.09 bits per heavy atom. The molecular formula is C40H31Y3. The topological polar surface area (TPSA) is 0 Å². The third kappa shape index (κ3) is 10.1. The van der Waals surface area contributed by atoms with E-state index in [9.17, 15) is 0 Å². The summed E-state index contributed by atoms with van der Waals surface area (Å²) in [6.45, 7) is 9.28. The largest absolute Gasteiger partial charge is 3.00 e. The normalized spacial score (nSPS) is 14.6. The van der Waals surface area contributed by atoms with E-state index >= 15 is 0 Å². The van der Waals surface area contributed by atoms with Crippen molar-refractivity contribution < 1.29 is 98.1 Å². The number of rotatable bonds is 2. The van der Waals surface area contributed by atoms with Crippen LogP contribution in [0.2, 0.25) is 0 Å². The second-order valence-corrected chi connectivity index (χ2v) is 9.55. The van der Waals surface area contributed by atoms with Gasteiger partial charge in [-0.2, -0.15) is 23.4 Å². The van der Waals surface area contributed by atoms with Crippen LogP contribution in [0, 0.1) is 18.9 Å². The van der Waals surface area contributed by atoms with Crippen molar-refractivity contribution in [2.45, 2.75) is 0 Å². The van der Waals surface area contributed by atoms with Crippen molar-refractivity contribution in [1.82, 2.24) is 0 Å². The summed E-state index contributed by atoms with van der Waals surface area (Å²) in [4.78, 5) is 0. The van der Waals surface area contributed by atoms with Crippen LogP contribution in [0.1, 0.15) is 0 Å². The van der Waals surface area contributed by atoms with E-state index in [-0.39, 0.29) is 98.1 Å². The third-order valence-corrected chi connectivity index (χ3v) is 6.95. The molecule has 4 aromatic rings. The Bertz CT molecular complexity index is 1760. The second-order valence-electron chi connectivity index (χ2n) is 9.55. The summed E-state index contributed by atoms with van der Waals surface area (Å²) in [6, 6.07) is 29.0. The van der Waals surface area contributed by atoms with Crippen molar-refractivity contribution in [2.75, 3.05) is 0 Å². The fourth-order valence-corrected chi connectivity index (χ4v) is 4.99. The molecule has 200 valence electrons. The van der Waals surface area contributed by atoms with E-state index in [1.165, 1.54) is 38.3 Å². The molecule has 0 spiro atoms. The van der Waals surface area contributed by atoms with E-state index in [0.29, 0.717) is 5.92 Å². The molecule has 0 fully saturated rings. The standard InChI is InChI=1S/C14H10.C13H10.C13H11.3Y/c1-3-7-13-11(5-1)9-10-12-6-2-4-8-14(12)13;1-4-10-6-2-8-12-9-3-7-11(5-1)13(10)12;1-3-4-5-6-10-13-11-8-7-9-12(13)2;;;/h1-10H;1-9,13H;2-5,7-11H,1H2;;;/q;;-3;;;+3. The first kappa shape index (κ1) is 37.4. The van der Waals surface area contributed by atoms with Gasteiger partial charge >= 0.3 is 32.7 Å². The van der Waals surface area contributed by atoms with Crippen LogP contribution in [0.25, 0.3) is 34.2 Å². The van der Waals surface area contributed by atoms with Crippen LogP contribution in [0.4, 0.5) is 0 Å². The predicted molar refractivity (Wildman–Crippen MR) is 174 cm³/mol. The van der Waals surface area contributed by atoms with Crippen LogP contribution in [0.3, 0.4) is 0 Å². The Balaban J connectivity index is 0.000000218. The molecule has 0 aliphatic heterocycles. The number of allylic oxidation sites excluding steroid dienone is 16. The molecule has 0 aromatic heterocycles. The van der Waals surface area contributed by atoms with Crippen molar-refractivity contribution in [3.8, 4) is 0 Å². The Kier molecular flexibility index (Phi) is 17.1. The zero-order chi connectivity index (χ0) is 27.6. The SMILES string of the molecule is C1=CC2=CC=CC3=CC=CC(=C1)C23.[CH-]=c1ccccc1=C[C-]=CC=C[CH2-].[Y+3].[Y].[Y].c1ccc2c(c1)ccc1ccccc12. The molecular weight excluding hydrogens is 747 g/mol. The van der Waals surface area contributed by atoms with E-state index < -0.39 is 0 Å². The second kappa shape index (κ2) is 19.6. The van der Waals surface area contributed by atoms with E-state index in [2.05, 4.69) is 128 Å². The predicted octanol–water partition coefficient (Wildman–Crippen LogP) is 8.58. The Morgan fingerprint density at radius 1 is 0.628 bits per heavy atom. The fraction of sp³-hybridized carbons (Fsp3) is 0.0250. The van der Waals surface area contributed by atoms with Gasteiger partial charge in [0.05, 0.1) is 0 Å². The van der Waals surface area contributed by atoms with Gasteiger partial charge in [-0.05, 0) is 38.3 Å². The van der Waals surface area contributed by atoms with E-state index in [1.54, 1.807) is 12.2 Å². The number of hydrogen-bond donors (Lipinski definition) is 0. The zero-order valence-corrected chi connectivity index (χ0v) is 32.7. The van der Waals surface area contributed by atoms with Crippen molar-refractivity contribution in [1.29, 1.82) is 0 Å². The molecule has 0 nitrogen and oxygen atoms in total. The number of hydrogen-bond acceptors (Lipinski definition) is 0. The maximum absolute atomic E-state index is 5.72. The molecule has 0 bridgehead atoms. The van der Waals surface area contributed by atoms with Gasteiger partial charge in [0.25, 0.3) is 0 Å². The molecule has 0 amide bonds. The maximum atomic E-state index is 5.72. The van der Waals surface area contributed by atoms with Crippen molar-refractivity contribution >= 4 is 34.2 Å². The van der Waals surface area contributed by atoms with Crippen LogP contribution in [0.15, 0.2) is 175 Å². The minimum absolute atomic E-state index is 0. The van der Waals surface area contributed by atoms with Gasteiger partial charge in [-0.1, -0.05) is 121 Å². The Morgan fingerprint density at radius 3 is 1.58 bits per heavy atom. The number of benzene rings is 4. The molecule has 0 N–H and O–H groups in total. The summed E-state index contributed by atoms with van der Waals surface area (Å²) in [7, 11) is 0. The molecule has 7 rings (SSSR count). The summed E-state index contributed by atoms with van der Waals surface area (Å²) >= 11 is 0. The van der Waals surface area contributed by atoms with Crippen LogP contribution in [-0.2, 0) is 98.1 Å². The first-order chi connectivity index (χ1) is 19.7. The molecule has 0 unspecified atom stereocenters. The first-order valence-corrected chi connectivity index (χ1v) is 13.5. The molecule has 2 radical (unpaired) electrons. The van der Waals surface area contributed by atoms with Gasteiger partial charge in [0.15, 0.2) is 0 Å². The van der Waals surface area contributed by atoms with Crippen LogP contribution in [0.5, 0.6) is 0 Å². The smallest absolute Gasteiger partial charge is 0.245 e. The Hall–Kier alpha value is -1.76. The zero-order valence-electron chi connectivity index (χ0n) is 24.2. The molecule has 43 heavy (non-hydrogen) atoms. The summed E-state index contributed by atoms with van der Waals surface area (Å²) in [6.07, 6.45) is 29.7. The van der Waals surface area contributed by atoms with E-state index in [1.807, 2.05) is 36.4 Å². The van der Waals surface area contributed by atoms with E-state index in [0.717, 1.165) is 10.4 Å². The molecule has 0 heterocycles. The van der Waals surface area contributed by atoms with Gasteiger partial charge in [-0.3, -0.25) is 0 Å². The fourth-order valence-electron chi connectivity index (χ4n) is 4.99. The average molecular weight is 778 g/mol. The maximum Gasteiger partial charge on any atom is 3.00 e. The third-order valence-electron chi connectivity index (χ3n) is 6.95. The quantitative estimate of drug-likeness (QED) is 0.109. The van der Waals surface area contributed by atoms with Crippen molar-refractivity contribution in [2.24, 2.45) is 5.92 Å². The molecule has 4 aromatic carbocycles. The molecule has 3 heteroatoms. The van der Waals surface area contributed by atoms with Crippen LogP contribution < -0.4 is 10.4 Å². The van der Waals surface area contributed by atoms with Crippen molar-refractivity contribution in [3.63, 3.8) is 0 Å². The number of fused-ring (bicyclic) bond motifs is 3. The van der Waals surface area contributed by atoms with Gasteiger partial charge in [0, 0.05) is 71.3 Å². The van der Waals surface area contributed by atoms with Gasteiger partial charge in [-0.25, -0.2) is 31.7 Å². The van der Waals surface area contributed by atoms with Crippen LogP contribution >= 0.6 is 0 Å². The van der Waals surface area contributed by atoms with E-state index in [4.69, 9.17) is 6.58 Å². The van der Waals surface area contributed by atoms with Crippen LogP contribution in [-0.4, -0.2) is 0 Å². The summed E-state index contributed by atoms with van der Waals surface area (Å²) in [5.41, 5.74) is 4.24. The van der Waals surface area contributed by atoms with Gasteiger partial charge in [0.2, 0.25) is 0 Å². The molecule has 0 saturated carbocycles. The summed E-state index contributed by atoms with van der Waals surface area (Å²) in [5.74, 6) is 0.514. The minimum Gasteiger partial charge on any atom is -0.245 e. The average Bonchev–Trinajstić information content (AvgIpc) is 3.01. The molecule has 0 saturated heterocycles. The monoisotopic (exact) mass is 778 g/mol. The molecule has 0 atom stereocenters. The molecule has 3 aliphatic rings.